The molecule has 0 aliphatic heterocycles. The fourth-order valence-electron chi connectivity index (χ4n) is 2.56. The average Bonchev–Trinajstić information content (AvgIpc) is 2.60. The van der Waals surface area contributed by atoms with E-state index in [1.165, 1.54) is 11.1 Å². The molecule has 4 nitrogen and oxygen atoms in total. The van der Waals surface area contributed by atoms with Crippen molar-refractivity contribution in [2.45, 2.75) is 32.6 Å². The van der Waals surface area contributed by atoms with Gasteiger partial charge in [0.2, 0.25) is 5.91 Å². The van der Waals surface area contributed by atoms with Crippen molar-refractivity contribution in [1.82, 2.24) is 9.88 Å². The van der Waals surface area contributed by atoms with Crippen LogP contribution in [-0.2, 0) is 17.6 Å². The van der Waals surface area contributed by atoms with E-state index in [0.717, 1.165) is 17.7 Å². The third kappa shape index (κ3) is 4.82. The molecule has 0 fully saturated rings. The van der Waals surface area contributed by atoms with Crippen LogP contribution in [0.1, 0.15) is 36.5 Å². The van der Waals surface area contributed by atoms with Gasteiger partial charge in [0, 0.05) is 31.5 Å². The van der Waals surface area contributed by atoms with E-state index < -0.39 is 0 Å². The number of carbonyl (C=O) groups excluding carboxylic acids is 1. The van der Waals surface area contributed by atoms with Gasteiger partial charge < -0.3 is 9.64 Å². The number of likely N-dealkylation sites (N-methyl/N-ethyl adjacent to an activating group) is 1. The lowest BCUT2D eigenvalue weighted by molar-refractivity contribution is -0.129. The normalized spacial score (nSPS) is 10.7. The number of rotatable bonds is 7. The molecular weight excluding hydrogens is 300 g/mol. The molecule has 0 N–H and O–H groups in total. The van der Waals surface area contributed by atoms with Gasteiger partial charge in [-0.25, -0.2) is 0 Å². The Hall–Kier alpha value is -2.36. The van der Waals surface area contributed by atoms with Gasteiger partial charge in [-0.15, -0.1) is 0 Å². The number of ether oxygens (including phenoxy) is 1. The lowest BCUT2D eigenvalue weighted by Crippen LogP contribution is -2.30. The van der Waals surface area contributed by atoms with Crippen molar-refractivity contribution in [2.75, 3.05) is 20.7 Å². The summed E-state index contributed by atoms with van der Waals surface area (Å²) in [5.41, 5.74) is 3.35. The van der Waals surface area contributed by atoms with Gasteiger partial charge in [0.05, 0.1) is 13.5 Å². The summed E-state index contributed by atoms with van der Waals surface area (Å²) in [7, 11) is 3.49. The maximum atomic E-state index is 12.5. The van der Waals surface area contributed by atoms with Gasteiger partial charge in [0.25, 0.3) is 0 Å². The molecule has 24 heavy (non-hydrogen) atoms. The van der Waals surface area contributed by atoms with Crippen LogP contribution in [0.2, 0.25) is 0 Å². The Morgan fingerprint density at radius 3 is 2.54 bits per heavy atom. The Morgan fingerprint density at radius 2 is 1.92 bits per heavy atom. The summed E-state index contributed by atoms with van der Waals surface area (Å²) in [6.45, 7) is 4.98. The topological polar surface area (TPSA) is 42.4 Å². The van der Waals surface area contributed by atoms with Crippen LogP contribution in [0.15, 0.2) is 42.7 Å². The molecule has 1 heterocycles. The number of benzene rings is 1. The van der Waals surface area contributed by atoms with Crippen LogP contribution in [0.4, 0.5) is 0 Å². The fourth-order valence-corrected chi connectivity index (χ4v) is 2.56. The lowest BCUT2D eigenvalue weighted by atomic mass is 9.98. The number of aromatic nitrogens is 1. The molecule has 4 heteroatoms. The summed E-state index contributed by atoms with van der Waals surface area (Å²) in [6, 6.07) is 10.1. The maximum Gasteiger partial charge on any atom is 0.226 e. The molecule has 0 saturated carbocycles. The van der Waals surface area contributed by atoms with Crippen molar-refractivity contribution in [3.05, 3.63) is 59.4 Å². The number of hydrogen-bond acceptors (Lipinski definition) is 3. The third-order valence-corrected chi connectivity index (χ3v) is 4.22. The minimum Gasteiger partial charge on any atom is -0.496 e. The van der Waals surface area contributed by atoms with E-state index in [0.29, 0.717) is 18.9 Å². The van der Waals surface area contributed by atoms with E-state index in [4.69, 9.17) is 4.74 Å². The fraction of sp³-hybridized carbons (Fsp3) is 0.400. The number of nitrogens with zero attached hydrogens (tertiary/aromatic N) is 2. The quantitative estimate of drug-likeness (QED) is 0.782. The molecule has 128 valence electrons. The minimum absolute atomic E-state index is 0.100. The van der Waals surface area contributed by atoms with Crippen LogP contribution in [0, 0.1) is 0 Å². The van der Waals surface area contributed by atoms with Gasteiger partial charge in [0.15, 0.2) is 0 Å². The molecule has 2 rings (SSSR count). The highest BCUT2D eigenvalue weighted by Gasteiger charge is 2.14. The molecule has 1 aromatic carbocycles. The summed E-state index contributed by atoms with van der Waals surface area (Å²) >= 11 is 0. The molecular formula is C20H26N2O2. The largest absolute Gasteiger partial charge is 0.496 e. The summed E-state index contributed by atoms with van der Waals surface area (Å²) in [4.78, 5) is 18.3. The minimum atomic E-state index is 0.100. The molecule has 0 aliphatic rings. The van der Waals surface area contributed by atoms with Crippen molar-refractivity contribution in [3.63, 3.8) is 0 Å². The first-order valence-corrected chi connectivity index (χ1v) is 8.31. The van der Waals surface area contributed by atoms with Gasteiger partial charge in [-0.1, -0.05) is 26.0 Å². The van der Waals surface area contributed by atoms with Crippen molar-refractivity contribution >= 4 is 5.91 Å². The van der Waals surface area contributed by atoms with E-state index >= 15 is 0 Å². The highest BCUT2D eigenvalue weighted by atomic mass is 16.5. The molecule has 0 spiro atoms. The third-order valence-electron chi connectivity index (χ3n) is 4.22. The number of pyridine rings is 1. The van der Waals surface area contributed by atoms with Gasteiger partial charge in [0.1, 0.15) is 5.75 Å². The zero-order valence-electron chi connectivity index (χ0n) is 15.0. The van der Waals surface area contributed by atoms with Crippen molar-refractivity contribution < 1.29 is 9.53 Å². The standard InChI is InChI=1S/C20H26N2O2/c1-15(2)17-5-6-19(24-4)18(13-17)14-20(23)22(3)12-9-16-7-10-21-11-8-16/h5-8,10-11,13,15H,9,12,14H2,1-4H3. The van der Waals surface area contributed by atoms with E-state index in [9.17, 15) is 4.79 Å². The zero-order chi connectivity index (χ0) is 17.5. The molecule has 0 saturated heterocycles. The van der Waals surface area contributed by atoms with Crippen molar-refractivity contribution in [1.29, 1.82) is 0 Å². The first-order valence-electron chi connectivity index (χ1n) is 8.31. The van der Waals surface area contributed by atoms with E-state index in [1.807, 2.05) is 25.2 Å². The Kier molecular flexibility index (Phi) is 6.36. The number of amides is 1. The van der Waals surface area contributed by atoms with Crippen LogP contribution in [-0.4, -0.2) is 36.5 Å². The van der Waals surface area contributed by atoms with Crippen LogP contribution < -0.4 is 4.74 Å². The predicted molar refractivity (Wildman–Crippen MR) is 96.4 cm³/mol. The molecule has 2 aromatic rings. The zero-order valence-corrected chi connectivity index (χ0v) is 15.0. The monoisotopic (exact) mass is 326 g/mol. The number of hydrogen-bond donors (Lipinski definition) is 0. The van der Waals surface area contributed by atoms with Crippen molar-refractivity contribution in [3.8, 4) is 5.75 Å². The Bertz CT molecular complexity index is 669. The molecule has 0 radical (unpaired) electrons. The van der Waals surface area contributed by atoms with Gasteiger partial charge >= 0.3 is 0 Å². The maximum absolute atomic E-state index is 12.5. The number of carbonyl (C=O) groups is 1. The van der Waals surface area contributed by atoms with Crippen LogP contribution in [0.3, 0.4) is 0 Å². The molecule has 1 amide bonds. The smallest absolute Gasteiger partial charge is 0.226 e. The predicted octanol–water partition coefficient (Wildman–Crippen LogP) is 3.46. The Morgan fingerprint density at radius 1 is 1.21 bits per heavy atom. The second kappa shape index (κ2) is 8.48. The van der Waals surface area contributed by atoms with Crippen molar-refractivity contribution in [2.24, 2.45) is 0 Å². The van der Waals surface area contributed by atoms with Crippen LogP contribution >= 0.6 is 0 Å². The highest BCUT2D eigenvalue weighted by Crippen LogP contribution is 2.25. The van der Waals surface area contributed by atoms with Crippen LogP contribution in [0.25, 0.3) is 0 Å². The first kappa shape index (κ1) is 18.0. The van der Waals surface area contributed by atoms with Gasteiger partial charge in [-0.3, -0.25) is 9.78 Å². The molecule has 0 atom stereocenters. The summed E-state index contributed by atoms with van der Waals surface area (Å²) in [5.74, 6) is 1.30. The first-order chi connectivity index (χ1) is 11.5. The van der Waals surface area contributed by atoms with E-state index in [2.05, 4.69) is 31.0 Å². The van der Waals surface area contributed by atoms with Gasteiger partial charge in [-0.2, -0.15) is 0 Å². The summed E-state index contributed by atoms with van der Waals surface area (Å²) in [6.07, 6.45) is 4.74. The van der Waals surface area contributed by atoms with Gasteiger partial charge in [-0.05, 0) is 41.7 Å². The highest BCUT2D eigenvalue weighted by molar-refractivity contribution is 5.79. The Balaban J connectivity index is 2.01. The summed E-state index contributed by atoms with van der Waals surface area (Å²) < 4.78 is 5.41. The Labute approximate surface area is 144 Å². The molecule has 0 unspecified atom stereocenters. The average molecular weight is 326 g/mol. The SMILES string of the molecule is COc1ccc(C(C)C)cc1CC(=O)N(C)CCc1ccncc1. The lowest BCUT2D eigenvalue weighted by Gasteiger charge is -2.19. The van der Waals surface area contributed by atoms with Crippen LogP contribution in [0.5, 0.6) is 5.75 Å². The van der Waals surface area contributed by atoms with E-state index in [-0.39, 0.29) is 5.91 Å². The molecule has 0 bridgehead atoms. The molecule has 1 aromatic heterocycles. The number of methoxy groups -OCH3 is 1. The van der Waals surface area contributed by atoms with E-state index in [1.54, 1.807) is 24.4 Å². The summed E-state index contributed by atoms with van der Waals surface area (Å²) in [5, 5.41) is 0. The molecule has 0 aliphatic carbocycles. The second-order valence-electron chi connectivity index (χ2n) is 6.32. The second-order valence-corrected chi connectivity index (χ2v) is 6.32.